The monoisotopic (exact) mass is 247 g/mol. The maximum Gasteiger partial charge on any atom is 0.0561 e. The minimum absolute atomic E-state index is 0.0856. The van der Waals surface area contributed by atoms with Crippen molar-refractivity contribution in [2.75, 3.05) is 5.75 Å². The van der Waals surface area contributed by atoms with Crippen molar-refractivity contribution in [3.8, 4) is 0 Å². The first kappa shape index (κ1) is 10.8. The third-order valence-electron chi connectivity index (χ3n) is 2.83. The molecule has 0 saturated carbocycles. The molecule has 2 rings (SSSR count). The lowest BCUT2D eigenvalue weighted by Gasteiger charge is -2.29. The van der Waals surface area contributed by atoms with Crippen LogP contribution < -0.4 is 5.73 Å². The summed E-state index contributed by atoms with van der Waals surface area (Å²) in [6.45, 7) is 2.26. The fraction of sp³-hybridized carbons (Fsp3) is 0.600. The van der Waals surface area contributed by atoms with E-state index >= 15 is 0 Å². The highest BCUT2D eigenvalue weighted by Crippen LogP contribution is 2.47. The van der Waals surface area contributed by atoms with Crippen molar-refractivity contribution in [3.05, 3.63) is 21.3 Å². The number of thioether (sulfide) groups is 1. The van der Waals surface area contributed by atoms with Crippen LogP contribution >= 0.6 is 34.7 Å². The Labute approximate surface area is 98.0 Å². The van der Waals surface area contributed by atoms with Crippen molar-refractivity contribution >= 4 is 34.7 Å². The second-order valence-electron chi connectivity index (χ2n) is 3.88. The number of rotatable bonds is 2. The van der Waals surface area contributed by atoms with Crippen molar-refractivity contribution in [1.29, 1.82) is 0 Å². The van der Waals surface area contributed by atoms with Gasteiger partial charge in [-0.1, -0.05) is 11.6 Å². The van der Waals surface area contributed by atoms with Gasteiger partial charge in [0.2, 0.25) is 0 Å². The molecule has 0 radical (unpaired) electrons. The van der Waals surface area contributed by atoms with Gasteiger partial charge in [0.25, 0.3) is 0 Å². The van der Waals surface area contributed by atoms with Gasteiger partial charge >= 0.3 is 0 Å². The molecule has 78 valence electrons. The first-order chi connectivity index (χ1) is 6.63. The Balaban J connectivity index is 2.23. The minimum Gasteiger partial charge on any atom is -0.322 e. The van der Waals surface area contributed by atoms with E-state index < -0.39 is 0 Å². The van der Waals surface area contributed by atoms with Gasteiger partial charge in [0, 0.05) is 9.62 Å². The number of nitrogens with two attached hydrogens (primary N) is 1. The SMILES string of the molecule is CC1(C(N)c2sccc2Cl)CCCS1. The number of thiophene rings is 1. The number of halogens is 1. The summed E-state index contributed by atoms with van der Waals surface area (Å²) >= 11 is 9.75. The summed E-state index contributed by atoms with van der Waals surface area (Å²) in [5.74, 6) is 1.23. The molecule has 0 aliphatic carbocycles. The summed E-state index contributed by atoms with van der Waals surface area (Å²) in [6, 6.07) is 2.02. The maximum absolute atomic E-state index is 6.28. The van der Waals surface area contributed by atoms with E-state index in [4.69, 9.17) is 17.3 Å². The molecule has 0 aromatic carbocycles. The standard InChI is InChI=1S/C10H14ClNS2/c1-10(4-2-5-14-10)9(12)8-7(11)3-6-13-8/h3,6,9H,2,4-5,12H2,1H3. The molecule has 2 N–H and O–H groups in total. The first-order valence-corrected chi connectivity index (χ1v) is 7.00. The Morgan fingerprint density at radius 3 is 2.93 bits per heavy atom. The van der Waals surface area contributed by atoms with E-state index in [2.05, 4.69) is 6.92 Å². The predicted octanol–water partition coefficient (Wildman–Crippen LogP) is 3.69. The second kappa shape index (κ2) is 4.05. The van der Waals surface area contributed by atoms with E-state index in [1.165, 1.54) is 18.6 Å². The van der Waals surface area contributed by atoms with Crippen LogP contribution in [-0.2, 0) is 0 Å². The third-order valence-corrected chi connectivity index (χ3v) is 5.89. The summed E-state index contributed by atoms with van der Waals surface area (Å²) in [4.78, 5) is 1.14. The molecule has 1 nitrogen and oxygen atoms in total. The zero-order valence-corrected chi connectivity index (χ0v) is 10.5. The van der Waals surface area contributed by atoms with Gasteiger partial charge < -0.3 is 5.73 Å². The molecule has 1 aromatic heterocycles. The molecule has 1 aromatic rings. The van der Waals surface area contributed by atoms with Crippen LogP contribution in [0.25, 0.3) is 0 Å². The fourth-order valence-electron chi connectivity index (χ4n) is 1.85. The quantitative estimate of drug-likeness (QED) is 0.863. The topological polar surface area (TPSA) is 26.0 Å². The Hall–Kier alpha value is 0.300. The number of hydrogen-bond donors (Lipinski definition) is 1. The van der Waals surface area contributed by atoms with E-state index in [1.807, 2.05) is 23.2 Å². The van der Waals surface area contributed by atoms with E-state index in [1.54, 1.807) is 11.3 Å². The summed E-state index contributed by atoms with van der Waals surface area (Å²) in [5, 5.41) is 2.84. The summed E-state index contributed by atoms with van der Waals surface area (Å²) in [7, 11) is 0. The average Bonchev–Trinajstić information content (AvgIpc) is 2.74. The van der Waals surface area contributed by atoms with E-state index in [0.717, 1.165) is 9.90 Å². The minimum atomic E-state index is 0.0856. The predicted molar refractivity (Wildman–Crippen MR) is 66.4 cm³/mol. The highest BCUT2D eigenvalue weighted by atomic mass is 35.5. The largest absolute Gasteiger partial charge is 0.322 e. The Morgan fingerprint density at radius 1 is 1.64 bits per heavy atom. The molecule has 0 spiro atoms. The summed E-state index contributed by atoms with van der Waals surface area (Å²) in [6.07, 6.45) is 2.48. The normalized spacial score (nSPS) is 29.4. The lowest BCUT2D eigenvalue weighted by molar-refractivity contribution is 0.508. The van der Waals surface area contributed by atoms with Gasteiger partial charge in [-0.2, -0.15) is 11.8 Å². The molecule has 1 saturated heterocycles. The van der Waals surface area contributed by atoms with E-state index in [-0.39, 0.29) is 10.8 Å². The third kappa shape index (κ3) is 1.83. The first-order valence-electron chi connectivity index (χ1n) is 4.76. The average molecular weight is 248 g/mol. The molecule has 0 amide bonds. The van der Waals surface area contributed by atoms with Crippen molar-refractivity contribution < 1.29 is 0 Å². The van der Waals surface area contributed by atoms with Crippen molar-refractivity contribution in [2.45, 2.75) is 30.6 Å². The lowest BCUT2D eigenvalue weighted by atomic mass is 9.96. The molecule has 0 bridgehead atoms. The maximum atomic E-state index is 6.28. The van der Waals surface area contributed by atoms with Gasteiger partial charge in [-0.05, 0) is 37.0 Å². The van der Waals surface area contributed by atoms with E-state index in [9.17, 15) is 0 Å². The molecule has 4 heteroatoms. The molecular formula is C10H14ClNS2. The fourth-order valence-corrected chi connectivity index (χ4v) is 4.59. The zero-order chi connectivity index (χ0) is 10.2. The summed E-state index contributed by atoms with van der Waals surface area (Å²) in [5.41, 5.74) is 6.28. The van der Waals surface area contributed by atoms with Gasteiger partial charge in [0.1, 0.15) is 0 Å². The van der Waals surface area contributed by atoms with Crippen LogP contribution in [0, 0.1) is 0 Å². The van der Waals surface area contributed by atoms with E-state index in [0.29, 0.717) is 0 Å². The van der Waals surface area contributed by atoms with Crippen LogP contribution in [0.5, 0.6) is 0 Å². The van der Waals surface area contributed by atoms with Crippen LogP contribution in [0.2, 0.25) is 5.02 Å². The lowest BCUT2D eigenvalue weighted by Crippen LogP contribution is -2.32. The Kier molecular flexibility index (Phi) is 3.12. The van der Waals surface area contributed by atoms with Gasteiger partial charge in [-0.3, -0.25) is 0 Å². The Bertz CT molecular complexity index is 318. The van der Waals surface area contributed by atoms with Crippen LogP contribution in [0.4, 0.5) is 0 Å². The van der Waals surface area contributed by atoms with Crippen molar-refractivity contribution in [3.63, 3.8) is 0 Å². The number of hydrogen-bond acceptors (Lipinski definition) is 3. The molecule has 2 atom stereocenters. The molecule has 1 aliphatic rings. The highest BCUT2D eigenvalue weighted by molar-refractivity contribution is 8.00. The van der Waals surface area contributed by atoms with Crippen LogP contribution in [0.15, 0.2) is 11.4 Å². The molecular weight excluding hydrogens is 234 g/mol. The highest BCUT2D eigenvalue weighted by Gasteiger charge is 2.37. The van der Waals surface area contributed by atoms with Crippen LogP contribution in [0.1, 0.15) is 30.7 Å². The van der Waals surface area contributed by atoms with Gasteiger partial charge in [0.15, 0.2) is 0 Å². The van der Waals surface area contributed by atoms with Crippen LogP contribution in [0.3, 0.4) is 0 Å². The van der Waals surface area contributed by atoms with Crippen molar-refractivity contribution in [2.24, 2.45) is 5.73 Å². The molecule has 1 aliphatic heterocycles. The molecule has 2 heterocycles. The molecule has 14 heavy (non-hydrogen) atoms. The molecule has 2 unspecified atom stereocenters. The van der Waals surface area contributed by atoms with Crippen molar-refractivity contribution in [1.82, 2.24) is 0 Å². The summed E-state index contributed by atoms with van der Waals surface area (Å²) < 4.78 is 0.189. The van der Waals surface area contributed by atoms with Gasteiger partial charge in [-0.15, -0.1) is 11.3 Å². The second-order valence-corrected chi connectivity index (χ2v) is 6.86. The van der Waals surface area contributed by atoms with Gasteiger partial charge in [0.05, 0.1) is 11.1 Å². The molecule has 1 fully saturated rings. The smallest absolute Gasteiger partial charge is 0.0561 e. The Morgan fingerprint density at radius 2 is 2.43 bits per heavy atom. The zero-order valence-electron chi connectivity index (χ0n) is 8.13. The van der Waals surface area contributed by atoms with Crippen LogP contribution in [-0.4, -0.2) is 10.5 Å². The van der Waals surface area contributed by atoms with Gasteiger partial charge in [-0.25, -0.2) is 0 Å².